The fourth-order valence-corrected chi connectivity index (χ4v) is 0.571. The molecule has 1 N–H and O–H groups in total. The maximum Gasteiger partial charge on any atom is 0.424 e. The Labute approximate surface area is 76.0 Å². The van der Waals surface area contributed by atoms with E-state index in [0.717, 1.165) is 7.11 Å². The summed E-state index contributed by atoms with van der Waals surface area (Å²) in [5, 5.41) is 0. The summed E-state index contributed by atoms with van der Waals surface area (Å²) in [5.41, 5.74) is 0. The molecule has 0 unspecified atom stereocenters. The summed E-state index contributed by atoms with van der Waals surface area (Å²) in [7, 11) is -3.43. The van der Waals surface area contributed by atoms with Crippen LogP contribution in [0.25, 0.3) is 0 Å². The van der Waals surface area contributed by atoms with Gasteiger partial charge in [0.1, 0.15) is 0 Å². The Balaban J connectivity index is 0.000000223. The van der Waals surface area contributed by atoms with E-state index in [4.69, 9.17) is 4.55 Å². The summed E-state index contributed by atoms with van der Waals surface area (Å²) in [4.78, 5) is 7.35. The highest BCUT2D eigenvalue weighted by Crippen LogP contribution is 1.81. The number of rotatable bonds is 2. The monoisotopic (exact) mass is 207 g/mol. The smallest absolute Gasteiger partial charge is 0.265 e. The van der Waals surface area contributed by atoms with Gasteiger partial charge < -0.3 is 0 Å². The Hall–Kier alpha value is -1.02. The summed E-state index contributed by atoms with van der Waals surface area (Å²) < 4.78 is 29.8. The molecule has 0 aliphatic heterocycles. The second-order valence-electron chi connectivity index (χ2n) is 1.69. The van der Waals surface area contributed by atoms with Gasteiger partial charge in [-0.25, -0.2) is 4.89 Å². The van der Waals surface area contributed by atoms with Crippen molar-refractivity contribution in [3.63, 3.8) is 0 Å². The van der Waals surface area contributed by atoms with Gasteiger partial charge in [-0.2, -0.15) is 8.42 Å². The predicted octanol–water partition coefficient (Wildman–Crippen LogP) is 0.449. The molecule has 1 heterocycles. The fraction of sp³-hybridized carbons (Fsp3) is 0.167. The van der Waals surface area contributed by atoms with E-state index in [1.807, 2.05) is 18.2 Å². The fourth-order valence-electron chi connectivity index (χ4n) is 0.399. The third kappa shape index (κ3) is 11.0. The van der Waals surface area contributed by atoms with Crippen LogP contribution in [-0.4, -0.2) is 25.1 Å². The van der Waals surface area contributed by atoms with Gasteiger partial charge in [0.15, 0.2) is 0 Å². The number of aromatic nitrogens is 1. The van der Waals surface area contributed by atoms with E-state index in [9.17, 15) is 8.42 Å². The molecule has 1 aromatic heterocycles. The molecule has 0 spiro atoms. The van der Waals surface area contributed by atoms with Crippen LogP contribution in [0, 0.1) is 0 Å². The van der Waals surface area contributed by atoms with E-state index in [-0.39, 0.29) is 0 Å². The molecule has 7 heteroatoms. The summed E-state index contributed by atoms with van der Waals surface area (Å²) in [5.74, 6) is 0. The first-order chi connectivity index (χ1) is 6.06. The zero-order valence-corrected chi connectivity index (χ0v) is 7.64. The topological polar surface area (TPSA) is 85.7 Å². The quantitative estimate of drug-likeness (QED) is 0.430. The molecular formula is C6H9NO5S. The molecule has 0 radical (unpaired) electrons. The van der Waals surface area contributed by atoms with Crippen molar-refractivity contribution in [3.8, 4) is 0 Å². The first kappa shape index (κ1) is 12.0. The lowest BCUT2D eigenvalue weighted by Crippen LogP contribution is -2.00. The second kappa shape index (κ2) is 6.49. The minimum Gasteiger partial charge on any atom is -0.265 e. The summed E-state index contributed by atoms with van der Waals surface area (Å²) in [6.45, 7) is 0. The zero-order valence-electron chi connectivity index (χ0n) is 6.82. The molecule has 0 aliphatic carbocycles. The largest absolute Gasteiger partial charge is 0.424 e. The van der Waals surface area contributed by atoms with Gasteiger partial charge in [-0.15, -0.1) is 0 Å². The standard InChI is InChI=1S/C5H5N.CH4O5S/c1-2-4-6-5-3-1;1-5-6-7(2,3)4/h1-5H;1H3,(H,2,3,4). The van der Waals surface area contributed by atoms with Crippen LogP contribution in [0.4, 0.5) is 0 Å². The van der Waals surface area contributed by atoms with Crippen LogP contribution in [0.2, 0.25) is 0 Å². The van der Waals surface area contributed by atoms with Crippen LogP contribution in [0.1, 0.15) is 0 Å². The molecule has 0 aromatic carbocycles. The molecule has 1 aromatic rings. The SMILES string of the molecule is COOS(=O)(=O)O.c1ccncc1. The lowest BCUT2D eigenvalue weighted by atomic mass is 10.5. The molecule has 0 atom stereocenters. The van der Waals surface area contributed by atoms with Crippen LogP contribution in [0.5, 0.6) is 0 Å². The van der Waals surface area contributed by atoms with Crippen molar-refractivity contribution in [1.82, 2.24) is 4.98 Å². The molecule has 6 nitrogen and oxygen atoms in total. The highest BCUT2D eigenvalue weighted by atomic mass is 32.3. The highest BCUT2D eigenvalue weighted by Gasteiger charge is 2.00. The van der Waals surface area contributed by atoms with Crippen molar-refractivity contribution >= 4 is 10.4 Å². The normalized spacial score (nSPS) is 10.0. The molecule has 13 heavy (non-hydrogen) atoms. The maximum absolute atomic E-state index is 9.44. The number of hydrogen-bond acceptors (Lipinski definition) is 5. The first-order valence-corrected chi connectivity index (χ1v) is 4.47. The van der Waals surface area contributed by atoms with Crippen molar-refractivity contribution in [2.24, 2.45) is 0 Å². The van der Waals surface area contributed by atoms with E-state index < -0.39 is 10.4 Å². The molecule has 1 rings (SSSR count). The molecule has 0 fully saturated rings. The Bertz CT molecular complexity index is 271. The van der Waals surface area contributed by atoms with Gasteiger partial charge in [-0.3, -0.25) is 9.54 Å². The lowest BCUT2D eigenvalue weighted by molar-refractivity contribution is -0.179. The summed E-state index contributed by atoms with van der Waals surface area (Å²) in [6.07, 6.45) is 3.50. The average Bonchev–Trinajstić information content (AvgIpc) is 2.06. The van der Waals surface area contributed by atoms with Gasteiger partial charge in [0.25, 0.3) is 0 Å². The lowest BCUT2D eigenvalue weighted by Gasteiger charge is -1.87. The van der Waals surface area contributed by atoms with Gasteiger partial charge in [-0.1, -0.05) is 10.4 Å². The molecular weight excluding hydrogens is 198 g/mol. The van der Waals surface area contributed by atoms with Crippen molar-refractivity contribution in [2.75, 3.05) is 7.11 Å². The van der Waals surface area contributed by atoms with Crippen molar-refractivity contribution < 1.29 is 22.2 Å². The van der Waals surface area contributed by atoms with E-state index in [2.05, 4.69) is 14.2 Å². The van der Waals surface area contributed by atoms with E-state index in [1.54, 1.807) is 12.4 Å². The molecule has 0 saturated heterocycles. The average molecular weight is 207 g/mol. The van der Waals surface area contributed by atoms with Crippen LogP contribution in [-0.2, 0) is 19.6 Å². The Morgan fingerprint density at radius 1 is 1.23 bits per heavy atom. The maximum atomic E-state index is 9.44. The Morgan fingerprint density at radius 3 is 1.85 bits per heavy atom. The third-order valence-electron chi connectivity index (χ3n) is 0.721. The molecule has 0 amide bonds. The Morgan fingerprint density at radius 2 is 1.77 bits per heavy atom. The van der Waals surface area contributed by atoms with Gasteiger partial charge in [0.05, 0.1) is 7.11 Å². The Kier molecular flexibility index (Phi) is 5.98. The molecule has 0 saturated carbocycles. The zero-order chi connectivity index (χ0) is 10.2. The van der Waals surface area contributed by atoms with Crippen molar-refractivity contribution in [3.05, 3.63) is 30.6 Å². The molecule has 0 aliphatic rings. The predicted molar refractivity (Wildman–Crippen MR) is 43.9 cm³/mol. The number of pyridine rings is 1. The van der Waals surface area contributed by atoms with Gasteiger partial charge in [0.2, 0.25) is 0 Å². The minimum atomic E-state index is -4.40. The van der Waals surface area contributed by atoms with Gasteiger partial charge >= 0.3 is 10.4 Å². The van der Waals surface area contributed by atoms with Gasteiger partial charge in [-0.05, 0) is 12.1 Å². The minimum absolute atomic E-state index is 0.966. The highest BCUT2D eigenvalue weighted by molar-refractivity contribution is 7.80. The van der Waals surface area contributed by atoms with Crippen LogP contribution < -0.4 is 0 Å². The van der Waals surface area contributed by atoms with Crippen molar-refractivity contribution in [1.29, 1.82) is 0 Å². The number of hydrogen-bond donors (Lipinski definition) is 1. The van der Waals surface area contributed by atoms with E-state index in [0.29, 0.717) is 0 Å². The summed E-state index contributed by atoms with van der Waals surface area (Å²) >= 11 is 0. The van der Waals surface area contributed by atoms with Crippen molar-refractivity contribution in [2.45, 2.75) is 0 Å². The van der Waals surface area contributed by atoms with E-state index >= 15 is 0 Å². The molecule has 0 bridgehead atoms. The van der Waals surface area contributed by atoms with E-state index in [1.165, 1.54) is 0 Å². The third-order valence-corrected chi connectivity index (χ3v) is 1.03. The van der Waals surface area contributed by atoms with Crippen LogP contribution in [0.3, 0.4) is 0 Å². The number of nitrogens with zero attached hydrogens (tertiary/aromatic N) is 1. The summed E-state index contributed by atoms with van der Waals surface area (Å²) in [6, 6.07) is 5.72. The molecule has 74 valence electrons. The second-order valence-corrected chi connectivity index (χ2v) is 2.68. The van der Waals surface area contributed by atoms with Crippen LogP contribution >= 0.6 is 0 Å². The van der Waals surface area contributed by atoms with Crippen LogP contribution in [0.15, 0.2) is 30.6 Å². The first-order valence-electron chi connectivity index (χ1n) is 3.11. The van der Waals surface area contributed by atoms with Gasteiger partial charge in [0, 0.05) is 12.4 Å².